The molecule has 1 aliphatic rings. The Morgan fingerprint density at radius 1 is 1.18 bits per heavy atom. The minimum atomic E-state index is -1.52. The third-order valence-electron chi connectivity index (χ3n) is 3.86. The first-order valence-electron chi connectivity index (χ1n) is 6.60. The van der Waals surface area contributed by atoms with Gasteiger partial charge in [0.2, 0.25) is 0 Å². The zero-order valence-corrected chi connectivity index (χ0v) is 13.6. The topological polar surface area (TPSA) is 95.3 Å². The summed E-state index contributed by atoms with van der Waals surface area (Å²) in [6, 6.07) is 1.29. The molecule has 9 heteroatoms. The van der Waals surface area contributed by atoms with E-state index in [9.17, 15) is 20.0 Å². The highest BCUT2D eigenvalue weighted by atomic mass is 35.5. The molecule has 22 heavy (non-hydrogen) atoms. The van der Waals surface area contributed by atoms with Gasteiger partial charge in [-0.3, -0.25) is 10.1 Å². The number of rotatable bonds is 3. The summed E-state index contributed by atoms with van der Waals surface area (Å²) in [6.45, 7) is 0. The van der Waals surface area contributed by atoms with E-state index in [-0.39, 0.29) is 20.6 Å². The van der Waals surface area contributed by atoms with Crippen LogP contribution in [0.3, 0.4) is 0 Å². The van der Waals surface area contributed by atoms with Crippen molar-refractivity contribution < 1.29 is 14.8 Å². The molecular formula is C13H12Cl3N2O4-. The summed E-state index contributed by atoms with van der Waals surface area (Å²) < 4.78 is 0. The SMILES string of the molecule is O=C([O-])NC1(c2c(Cl)cc(Cl)c(Cl)c2[N+](=O)[O-])CCCCC1. The Morgan fingerprint density at radius 2 is 1.77 bits per heavy atom. The standard InChI is InChI=1S/C13H13Cl3N2O4/c14-7-6-8(15)10(16)11(18(21)22)9(7)13(17-12(19)20)4-2-1-3-5-13/h6,17H,1-5H2,(H,19,20)/p-1. The van der Waals surface area contributed by atoms with Crippen molar-refractivity contribution in [3.8, 4) is 0 Å². The van der Waals surface area contributed by atoms with Gasteiger partial charge in [-0.05, 0) is 18.9 Å². The Kier molecular flexibility index (Phi) is 5.04. The van der Waals surface area contributed by atoms with Crippen molar-refractivity contribution in [2.75, 3.05) is 0 Å². The summed E-state index contributed by atoms with van der Waals surface area (Å²) in [5, 5.41) is 24.5. The van der Waals surface area contributed by atoms with Crippen molar-refractivity contribution >= 4 is 46.6 Å². The van der Waals surface area contributed by atoms with Crippen LogP contribution < -0.4 is 10.4 Å². The lowest BCUT2D eigenvalue weighted by Gasteiger charge is -2.39. The quantitative estimate of drug-likeness (QED) is 0.502. The summed E-state index contributed by atoms with van der Waals surface area (Å²) in [5.41, 5.74) is -1.60. The minimum Gasteiger partial charge on any atom is -0.530 e. The number of nitrogens with one attached hydrogen (secondary N) is 1. The third-order valence-corrected chi connectivity index (χ3v) is 4.93. The lowest BCUT2D eigenvalue weighted by atomic mass is 9.76. The van der Waals surface area contributed by atoms with E-state index in [1.807, 2.05) is 0 Å². The van der Waals surface area contributed by atoms with Gasteiger partial charge in [0.15, 0.2) is 0 Å². The largest absolute Gasteiger partial charge is 0.530 e. The fourth-order valence-electron chi connectivity index (χ4n) is 3.00. The number of nitro benzene ring substituents is 1. The number of carbonyl (C=O) groups is 1. The van der Waals surface area contributed by atoms with Gasteiger partial charge in [-0.15, -0.1) is 0 Å². The number of nitrogens with zero attached hydrogens (tertiary/aromatic N) is 1. The minimum absolute atomic E-state index is 0.0109. The van der Waals surface area contributed by atoms with Crippen molar-refractivity contribution in [2.45, 2.75) is 37.6 Å². The van der Waals surface area contributed by atoms with Crippen LogP contribution >= 0.6 is 34.8 Å². The summed E-state index contributed by atoms with van der Waals surface area (Å²) >= 11 is 18.0. The Morgan fingerprint density at radius 3 is 2.27 bits per heavy atom. The number of carbonyl (C=O) groups excluding carboxylic acids is 1. The molecule has 1 amide bonds. The molecule has 0 atom stereocenters. The predicted molar refractivity (Wildman–Crippen MR) is 81.4 cm³/mol. The average Bonchev–Trinajstić information content (AvgIpc) is 2.42. The Bertz CT molecular complexity index is 630. The maximum Gasteiger partial charge on any atom is 0.296 e. The molecule has 1 N–H and O–H groups in total. The van der Waals surface area contributed by atoms with Gasteiger partial charge in [0.1, 0.15) is 11.1 Å². The first-order chi connectivity index (χ1) is 10.3. The monoisotopic (exact) mass is 365 g/mol. The van der Waals surface area contributed by atoms with Crippen LogP contribution in [0.15, 0.2) is 6.07 Å². The normalized spacial score (nSPS) is 17.0. The molecule has 1 aliphatic carbocycles. The second-order valence-electron chi connectivity index (χ2n) is 5.19. The van der Waals surface area contributed by atoms with Gasteiger partial charge in [-0.2, -0.15) is 0 Å². The van der Waals surface area contributed by atoms with Gasteiger partial charge in [0, 0.05) is 0 Å². The summed E-state index contributed by atoms with van der Waals surface area (Å²) in [6.07, 6.45) is 1.54. The fraction of sp³-hybridized carbons (Fsp3) is 0.462. The van der Waals surface area contributed by atoms with Crippen LogP contribution in [0.25, 0.3) is 0 Å². The Hall–Kier alpha value is -1.24. The van der Waals surface area contributed by atoms with Gasteiger partial charge in [-0.25, -0.2) is 0 Å². The van der Waals surface area contributed by atoms with Crippen LogP contribution in [-0.2, 0) is 5.54 Å². The van der Waals surface area contributed by atoms with E-state index in [1.54, 1.807) is 0 Å². The molecule has 1 aromatic carbocycles. The highest BCUT2D eigenvalue weighted by Crippen LogP contribution is 2.49. The first kappa shape index (κ1) is 17.1. The summed E-state index contributed by atoms with van der Waals surface area (Å²) in [7, 11) is 0. The van der Waals surface area contributed by atoms with E-state index in [4.69, 9.17) is 34.8 Å². The first-order valence-corrected chi connectivity index (χ1v) is 7.73. The van der Waals surface area contributed by atoms with E-state index in [0.717, 1.165) is 6.42 Å². The molecule has 0 unspecified atom stereocenters. The van der Waals surface area contributed by atoms with Gasteiger partial charge < -0.3 is 15.2 Å². The molecular weight excluding hydrogens is 355 g/mol. The van der Waals surface area contributed by atoms with Crippen LogP contribution in [0, 0.1) is 10.1 Å². The molecule has 1 aromatic rings. The van der Waals surface area contributed by atoms with Crippen LogP contribution in [0.4, 0.5) is 10.5 Å². The highest BCUT2D eigenvalue weighted by molar-refractivity contribution is 6.45. The number of hydrogen-bond acceptors (Lipinski definition) is 4. The molecule has 2 rings (SSSR count). The van der Waals surface area contributed by atoms with Crippen LogP contribution in [-0.4, -0.2) is 11.0 Å². The second kappa shape index (κ2) is 6.48. The molecule has 0 aliphatic heterocycles. The zero-order valence-electron chi connectivity index (χ0n) is 11.3. The molecule has 0 radical (unpaired) electrons. The Balaban J connectivity index is 2.73. The predicted octanol–water partition coefficient (Wildman–Crippen LogP) is 3.65. The molecule has 120 valence electrons. The third kappa shape index (κ3) is 3.09. The molecule has 0 saturated heterocycles. The van der Waals surface area contributed by atoms with E-state index in [1.165, 1.54) is 6.07 Å². The number of benzene rings is 1. The van der Waals surface area contributed by atoms with Gasteiger partial charge in [-0.1, -0.05) is 54.1 Å². The van der Waals surface area contributed by atoms with Gasteiger partial charge >= 0.3 is 0 Å². The number of halogens is 3. The smallest absolute Gasteiger partial charge is 0.296 e. The molecule has 1 saturated carbocycles. The van der Waals surface area contributed by atoms with Crippen molar-refractivity contribution in [3.63, 3.8) is 0 Å². The molecule has 0 bridgehead atoms. The van der Waals surface area contributed by atoms with E-state index < -0.39 is 22.2 Å². The summed E-state index contributed by atoms with van der Waals surface area (Å²) in [5.74, 6) is 0. The number of hydrogen-bond donors (Lipinski definition) is 1. The van der Waals surface area contributed by atoms with Crippen LogP contribution in [0.1, 0.15) is 37.7 Å². The van der Waals surface area contributed by atoms with Crippen LogP contribution in [0.5, 0.6) is 0 Å². The number of nitro groups is 1. The van der Waals surface area contributed by atoms with Crippen molar-refractivity contribution in [3.05, 3.63) is 36.8 Å². The van der Waals surface area contributed by atoms with Crippen molar-refractivity contribution in [2.24, 2.45) is 0 Å². The summed E-state index contributed by atoms with van der Waals surface area (Å²) in [4.78, 5) is 21.8. The average molecular weight is 367 g/mol. The maximum absolute atomic E-state index is 11.4. The van der Waals surface area contributed by atoms with Gasteiger partial charge in [0.25, 0.3) is 5.69 Å². The van der Waals surface area contributed by atoms with Crippen molar-refractivity contribution in [1.29, 1.82) is 0 Å². The fourth-order valence-corrected chi connectivity index (χ4v) is 3.85. The molecule has 6 nitrogen and oxygen atoms in total. The van der Waals surface area contributed by atoms with Gasteiger partial charge in [0.05, 0.1) is 26.1 Å². The Labute approximate surface area is 141 Å². The molecule has 1 fully saturated rings. The lowest BCUT2D eigenvalue weighted by molar-refractivity contribution is -0.386. The highest BCUT2D eigenvalue weighted by Gasteiger charge is 2.42. The van der Waals surface area contributed by atoms with E-state index in [0.29, 0.717) is 25.7 Å². The van der Waals surface area contributed by atoms with Crippen molar-refractivity contribution in [1.82, 2.24) is 5.32 Å². The second-order valence-corrected chi connectivity index (χ2v) is 6.38. The maximum atomic E-state index is 11.4. The van der Waals surface area contributed by atoms with Crippen LogP contribution in [0.2, 0.25) is 15.1 Å². The lowest BCUT2D eigenvalue weighted by Crippen LogP contribution is -2.52. The van der Waals surface area contributed by atoms with E-state index >= 15 is 0 Å². The number of carboxylic acid groups (broad SMARTS) is 1. The zero-order chi connectivity index (χ0) is 16.5. The molecule has 0 spiro atoms. The number of amides is 1. The molecule has 0 heterocycles. The molecule has 0 aromatic heterocycles. The van der Waals surface area contributed by atoms with E-state index in [2.05, 4.69) is 5.32 Å².